The summed E-state index contributed by atoms with van der Waals surface area (Å²) in [5.74, 6) is 0.344. The minimum absolute atomic E-state index is 0.362. The van der Waals surface area contributed by atoms with Crippen LogP contribution in [-0.2, 0) is 4.74 Å². The van der Waals surface area contributed by atoms with Crippen molar-refractivity contribution in [2.24, 2.45) is 0 Å². The third kappa shape index (κ3) is 4.31. The van der Waals surface area contributed by atoms with Crippen LogP contribution in [-0.4, -0.2) is 53.3 Å². The number of H-pyrrole nitrogens is 1. The molecule has 2 rings (SSSR count). The summed E-state index contributed by atoms with van der Waals surface area (Å²) in [5.41, 5.74) is 0.434. The van der Waals surface area contributed by atoms with E-state index in [1.54, 1.807) is 6.92 Å². The molecule has 1 fully saturated rings. The van der Waals surface area contributed by atoms with Crippen LogP contribution in [0, 0.1) is 6.92 Å². The summed E-state index contributed by atoms with van der Waals surface area (Å²) in [7, 11) is 1.33. The van der Waals surface area contributed by atoms with E-state index in [4.69, 9.17) is 4.74 Å². The van der Waals surface area contributed by atoms with Gasteiger partial charge in [-0.3, -0.25) is 0 Å². The molecule has 1 aliphatic heterocycles. The summed E-state index contributed by atoms with van der Waals surface area (Å²) in [6, 6.07) is 0. The quantitative estimate of drug-likeness (QED) is 0.504. The molecule has 1 aromatic heterocycles. The third-order valence-corrected chi connectivity index (χ3v) is 4.53. The molecule has 7 heteroatoms. The van der Waals surface area contributed by atoms with Gasteiger partial charge >= 0.3 is 11.7 Å². The van der Waals surface area contributed by atoms with E-state index < -0.39 is 11.7 Å². The number of methoxy groups -OCH3 is 1. The van der Waals surface area contributed by atoms with Crippen molar-refractivity contribution in [3.63, 3.8) is 0 Å². The monoisotopic (exact) mass is 311 g/mol. The number of nitrogens with one attached hydrogen (secondary N) is 1. The standard InChI is InChI=1S/C14H21N3O3S/c1-10-11(13(18)20-2)12(16-14(19)15-10)21-9-8-17-6-4-3-5-7-17/h3-9H2,1-2H3,(H,15,16,19). The van der Waals surface area contributed by atoms with Crippen LogP contribution in [0.2, 0.25) is 0 Å². The fourth-order valence-corrected chi connectivity index (χ4v) is 3.53. The van der Waals surface area contributed by atoms with Crippen molar-refractivity contribution in [3.05, 3.63) is 21.7 Å². The van der Waals surface area contributed by atoms with Crippen molar-refractivity contribution in [3.8, 4) is 0 Å². The van der Waals surface area contributed by atoms with Gasteiger partial charge < -0.3 is 14.6 Å². The Bertz CT molecular complexity index is 553. The molecule has 116 valence electrons. The highest BCUT2D eigenvalue weighted by atomic mass is 32.2. The first-order chi connectivity index (χ1) is 10.1. The number of esters is 1. The Kier molecular flexibility index (Phi) is 5.81. The van der Waals surface area contributed by atoms with Crippen molar-refractivity contribution in [1.29, 1.82) is 0 Å². The number of piperidine rings is 1. The van der Waals surface area contributed by atoms with E-state index in [0.717, 1.165) is 25.4 Å². The van der Waals surface area contributed by atoms with Crippen molar-refractivity contribution in [2.75, 3.05) is 32.5 Å². The van der Waals surface area contributed by atoms with Crippen LogP contribution in [0.4, 0.5) is 0 Å². The number of aryl methyl sites for hydroxylation is 1. The fourth-order valence-electron chi connectivity index (χ4n) is 2.46. The van der Waals surface area contributed by atoms with Gasteiger partial charge in [-0.25, -0.2) is 9.59 Å². The molecule has 0 unspecified atom stereocenters. The van der Waals surface area contributed by atoms with E-state index in [2.05, 4.69) is 14.9 Å². The summed E-state index contributed by atoms with van der Waals surface area (Å²) >= 11 is 1.44. The molecule has 0 radical (unpaired) electrons. The number of aromatic nitrogens is 2. The summed E-state index contributed by atoms with van der Waals surface area (Å²) in [5, 5.41) is 0.458. The van der Waals surface area contributed by atoms with Gasteiger partial charge in [-0.2, -0.15) is 4.98 Å². The fraction of sp³-hybridized carbons (Fsp3) is 0.643. The second-order valence-electron chi connectivity index (χ2n) is 5.09. The van der Waals surface area contributed by atoms with E-state index in [0.29, 0.717) is 16.3 Å². The van der Waals surface area contributed by atoms with Gasteiger partial charge in [0.25, 0.3) is 0 Å². The van der Waals surface area contributed by atoms with Crippen molar-refractivity contribution >= 4 is 17.7 Å². The molecule has 0 aromatic carbocycles. The SMILES string of the molecule is COC(=O)c1c(SCCN2CCCCC2)nc(=O)[nH]c1C. The molecule has 1 N–H and O–H groups in total. The predicted octanol–water partition coefficient (Wildman–Crippen LogP) is 1.44. The molecule has 0 aliphatic carbocycles. The molecule has 1 aromatic rings. The second kappa shape index (κ2) is 7.61. The van der Waals surface area contributed by atoms with Crippen LogP contribution in [0.3, 0.4) is 0 Å². The molecule has 0 amide bonds. The van der Waals surface area contributed by atoms with E-state index in [1.165, 1.54) is 38.1 Å². The van der Waals surface area contributed by atoms with Crippen LogP contribution < -0.4 is 5.69 Å². The van der Waals surface area contributed by atoms with Crippen LogP contribution >= 0.6 is 11.8 Å². The molecule has 0 saturated carbocycles. The zero-order valence-electron chi connectivity index (χ0n) is 12.5. The number of thioether (sulfide) groups is 1. The Labute approximate surface area is 128 Å². The topological polar surface area (TPSA) is 75.3 Å². The van der Waals surface area contributed by atoms with Crippen molar-refractivity contribution in [2.45, 2.75) is 31.2 Å². The minimum atomic E-state index is -0.461. The van der Waals surface area contributed by atoms with E-state index in [9.17, 15) is 9.59 Å². The summed E-state index contributed by atoms with van der Waals surface area (Å²) in [6.45, 7) is 4.89. The average molecular weight is 311 g/mol. The largest absolute Gasteiger partial charge is 0.465 e. The summed E-state index contributed by atoms with van der Waals surface area (Å²) in [6.07, 6.45) is 3.81. The minimum Gasteiger partial charge on any atom is -0.465 e. The number of hydrogen-bond acceptors (Lipinski definition) is 6. The summed E-state index contributed by atoms with van der Waals surface area (Å²) < 4.78 is 4.77. The number of likely N-dealkylation sites (tertiary alicyclic amines) is 1. The van der Waals surface area contributed by atoms with E-state index in [-0.39, 0.29) is 0 Å². The first kappa shape index (κ1) is 16.0. The van der Waals surface area contributed by atoms with Crippen molar-refractivity contribution < 1.29 is 9.53 Å². The lowest BCUT2D eigenvalue weighted by molar-refractivity contribution is 0.0594. The van der Waals surface area contributed by atoms with Crippen LogP contribution in [0.15, 0.2) is 9.82 Å². The van der Waals surface area contributed by atoms with Gasteiger partial charge in [0.2, 0.25) is 0 Å². The number of rotatable bonds is 5. The van der Waals surface area contributed by atoms with Gasteiger partial charge in [-0.05, 0) is 32.9 Å². The molecule has 0 spiro atoms. The van der Waals surface area contributed by atoms with Crippen LogP contribution in [0.5, 0.6) is 0 Å². The molecule has 1 aliphatic rings. The second-order valence-corrected chi connectivity index (χ2v) is 6.17. The highest BCUT2D eigenvalue weighted by Gasteiger charge is 2.19. The maximum atomic E-state index is 11.8. The lowest BCUT2D eigenvalue weighted by Gasteiger charge is -2.26. The Balaban J connectivity index is 2.04. The molecule has 0 atom stereocenters. The molecular weight excluding hydrogens is 290 g/mol. The van der Waals surface area contributed by atoms with Crippen LogP contribution in [0.25, 0.3) is 0 Å². The van der Waals surface area contributed by atoms with Gasteiger partial charge in [0.15, 0.2) is 0 Å². The number of nitrogens with zero attached hydrogens (tertiary/aromatic N) is 2. The van der Waals surface area contributed by atoms with Gasteiger partial charge in [-0.1, -0.05) is 6.42 Å². The zero-order valence-corrected chi connectivity index (χ0v) is 13.3. The molecule has 2 heterocycles. The number of carbonyl (C=O) groups excluding carboxylic acids is 1. The van der Waals surface area contributed by atoms with Crippen molar-refractivity contribution in [1.82, 2.24) is 14.9 Å². The highest BCUT2D eigenvalue weighted by molar-refractivity contribution is 7.99. The Morgan fingerprint density at radius 3 is 2.76 bits per heavy atom. The summed E-state index contributed by atoms with van der Waals surface area (Å²) in [4.78, 5) is 32.2. The first-order valence-electron chi connectivity index (χ1n) is 7.16. The smallest absolute Gasteiger partial charge is 0.346 e. The van der Waals surface area contributed by atoms with Gasteiger partial charge in [-0.15, -0.1) is 11.8 Å². The van der Waals surface area contributed by atoms with Gasteiger partial charge in [0.05, 0.1) is 7.11 Å². The van der Waals surface area contributed by atoms with Crippen LogP contribution in [0.1, 0.15) is 35.3 Å². The van der Waals surface area contributed by atoms with E-state index in [1.807, 2.05) is 0 Å². The lowest BCUT2D eigenvalue weighted by atomic mass is 10.1. The molecule has 6 nitrogen and oxygen atoms in total. The van der Waals surface area contributed by atoms with E-state index >= 15 is 0 Å². The third-order valence-electron chi connectivity index (χ3n) is 3.57. The maximum absolute atomic E-state index is 11.8. The number of carbonyl (C=O) groups is 1. The first-order valence-corrected chi connectivity index (χ1v) is 8.14. The lowest BCUT2D eigenvalue weighted by Crippen LogP contribution is -2.31. The zero-order chi connectivity index (χ0) is 15.2. The van der Waals surface area contributed by atoms with Gasteiger partial charge in [0.1, 0.15) is 10.6 Å². The number of aromatic amines is 1. The molecule has 21 heavy (non-hydrogen) atoms. The molecule has 1 saturated heterocycles. The Morgan fingerprint density at radius 1 is 1.38 bits per heavy atom. The van der Waals surface area contributed by atoms with Gasteiger partial charge in [0, 0.05) is 18.0 Å². The average Bonchev–Trinajstić information content (AvgIpc) is 2.47. The molecular formula is C14H21N3O3S. The normalized spacial score (nSPS) is 15.9. The predicted molar refractivity (Wildman–Crippen MR) is 81.9 cm³/mol. The number of hydrogen-bond donors (Lipinski definition) is 1. The molecule has 0 bridgehead atoms. The Hall–Kier alpha value is -1.34. The Morgan fingerprint density at radius 2 is 2.10 bits per heavy atom. The number of ether oxygens (including phenoxy) is 1. The maximum Gasteiger partial charge on any atom is 0.346 e. The highest BCUT2D eigenvalue weighted by Crippen LogP contribution is 2.22.